The van der Waals surface area contributed by atoms with Crippen LogP contribution in [0.1, 0.15) is 35.0 Å². The predicted octanol–water partition coefficient (Wildman–Crippen LogP) is 2.13. The highest BCUT2D eigenvalue weighted by Crippen LogP contribution is 2.18. The van der Waals surface area contributed by atoms with Crippen LogP contribution in [0, 0.1) is 13.8 Å². The maximum absolute atomic E-state index is 12.1. The van der Waals surface area contributed by atoms with E-state index in [1.807, 2.05) is 30.3 Å². The molecule has 3 N–H and O–H groups in total. The minimum Gasteiger partial charge on any atom is -0.461 e. The van der Waals surface area contributed by atoms with Gasteiger partial charge >= 0.3 is 12.0 Å². The van der Waals surface area contributed by atoms with E-state index in [0.29, 0.717) is 11.5 Å². The summed E-state index contributed by atoms with van der Waals surface area (Å²) in [6.07, 6.45) is -0.0175. The first-order valence-corrected chi connectivity index (χ1v) is 7.15. The molecule has 0 aliphatic carbocycles. The number of nitrogens with two attached hydrogens (primary N) is 1. The fraction of sp³-hybridized carbons (Fsp3) is 0.312. The molecule has 0 saturated heterocycles. The number of aryl methyl sites for hydroxylation is 2. The second kappa shape index (κ2) is 7.44. The molecule has 0 unspecified atom stereocenters. The predicted molar refractivity (Wildman–Crippen MR) is 82.3 cm³/mol. The third-order valence-electron chi connectivity index (χ3n) is 3.45. The minimum absolute atomic E-state index is 0.0175. The molecule has 2 aromatic rings. The lowest BCUT2D eigenvalue weighted by Crippen LogP contribution is -2.34. The van der Waals surface area contributed by atoms with E-state index in [9.17, 15) is 9.59 Å². The van der Waals surface area contributed by atoms with Crippen molar-refractivity contribution in [3.8, 4) is 0 Å². The van der Waals surface area contributed by atoms with Gasteiger partial charge in [0.15, 0.2) is 0 Å². The average molecular weight is 317 g/mol. The fourth-order valence-electron chi connectivity index (χ4n) is 2.20. The van der Waals surface area contributed by atoms with Gasteiger partial charge in [-0.1, -0.05) is 35.5 Å². The van der Waals surface area contributed by atoms with E-state index < -0.39 is 18.0 Å². The van der Waals surface area contributed by atoms with Gasteiger partial charge in [-0.3, -0.25) is 4.79 Å². The van der Waals surface area contributed by atoms with Crippen molar-refractivity contribution in [1.82, 2.24) is 10.5 Å². The number of rotatable bonds is 6. The number of urea groups is 1. The minimum atomic E-state index is -0.697. The van der Waals surface area contributed by atoms with Gasteiger partial charge in [-0.2, -0.15) is 0 Å². The number of hydrogen-bond acceptors (Lipinski definition) is 5. The molecule has 122 valence electrons. The van der Waals surface area contributed by atoms with Crippen LogP contribution in [0.3, 0.4) is 0 Å². The van der Waals surface area contributed by atoms with Crippen molar-refractivity contribution in [3.05, 3.63) is 52.9 Å². The van der Waals surface area contributed by atoms with Gasteiger partial charge in [0.2, 0.25) is 0 Å². The Balaban J connectivity index is 1.99. The molecular weight excluding hydrogens is 298 g/mol. The van der Waals surface area contributed by atoms with Crippen molar-refractivity contribution >= 4 is 12.0 Å². The Kier molecular flexibility index (Phi) is 5.35. The highest BCUT2D eigenvalue weighted by Gasteiger charge is 2.19. The third-order valence-corrected chi connectivity index (χ3v) is 3.45. The SMILES string of the molecule is Cc1noc(C)c1COC(=O)C[C@@H](NC(N)=O)c1ccccc1. The van der Waals surface area contributed by atoms with Crippen LogP contribution in [0.15, 0.2) is 34.9 Å². The Labute approximate surface area is 133 Å². The van der Waals surface area contributed by atoms with E-state index in [1.165, 1.54) is 0 Å². The molecule has 0 aliphatic heterocycles. The zero-order valence-electron chi connectivity index (χ0n) is 13.0. The molecule has 0 saturated carbocycles. The number of carbonyl (C=O) groups is 2. The number of aromatic nitrogens is 1. The molecule has 23 heavy (non-hydrogen) atoms. The number of ether oxygens (including phenoxy) is 1. The van der Waals surface area contributed by atoms with Gasteiger partial charge in [0.25, 0.3) is 0 Å². The molecular formula is C16H19N3O4. The van der Waals surface area contributed by atoms with E-state index in [0.717, 1.165) is 11.1 Å². The lowest BCUT2D eigenvalue weighted by molar-refractivity contribution is -0.145. The Morgan fingerprint density at radius 3 is 2.57 bits per heavy atom. The summed E-state index contributed by atoms with van der Waals surface area (Å²) in [7, 11) is 0. The molecule has 0 radical (unpaired) electrons. The Bertz CT molecular complexity index is 662. The normalized spacial score (nSPS) is 11.7. The Hall–Kier alpha value is -2.83. The number of hydrogen-bond donors (Lipinski definition) is 2. The zero-order valence-corrected chi connectivity index (χ0v) is 13.0. The molecule has 1 aromatic carbocycles. The molecule has 7 heteroatoms. The second-order valence-electron chi connectivity index (χ2n) is 5.14. The molecule has 2 rings (SSSR count). The van der Waals surface area contributed by atoms with Gasteiger partial charge in [-0.25, -0.2) is 4.79 Å². The third kappa shape index (κ3) is 4.57. The largest absolute Gasteiger partial charge is 0.461 e. The van der Waals surface area contributed by atoms with Gasteiger partial charge in [0, 0.05) is 0 Å². The standard InChI is InChI=1S/C16H19N3O4/c1-10-13(11(2)23-19-10)9-22-15(20)8-14(18-16(17)21)12-6-4-3-5-7-12/h3-7,14H,8-9H2,1-2H3,(H3,17,18,21)/t14-/m1/s1. The van der Waals surface area contributed by atoms with Crippen LogP contribution < -0.4 is 11.1 Å². The first-order valence-electron chi connectivity index (χ1n) is 7.15. The van der Waals surface area contributed by atoms with Crippen LogP contribution in [0.2, 0.25) is 0 Å². The first-order chi connectivity index (χ1) is 11.0. The van der Waals surface area contributed by atoms with Crippen LogP contribution in [-0.2, 0) is 16.1 Å². The van der Waals surface area contributed by atoms with E-state index in [2.05, 4.69) is 10.5 Å². The number of primary amides is 1. The van der Waals surface area contributed by atoms with Crippen molar-refractivity contribution in [1.29, 1.82) is 0 Å². The van der Waals surface area contributed by atoms with E-state index in [4.69, 9.17) is 15.0 Å². The van der Waals surface area contributed by atoms with E-state index in [1.54, 1.807) is 13.8 Å². The lowest BCUT2D eigenvalue weighted by Gasteiger charge is -2.17. The van der Waals surface area contributed by atoms with Crippen LogP contribution in [0.4, 0.5) is 4.79 Å². The van der Waals surface area contributed by atoms with Gasteiger partial charge in [0.1, 0.15) is 12.4 Å². The zero-order chi connectivity index (χ0) is 16.8. The molecule has 1 heterocycles. The van der Waals surface area contributed by atoms with Crippen molar-refractivity contribution in [2.45, 2.75) is 32.9 Å². The maximum atomic E-state index is 12.1. The first kappa shape index (κ1) is 16.5. The van der Waals surface area contributed by atoms with Gasteiger partial charge in [0.05, 0.1) is 23.7 Å². The lowest BCUT2D eigenvalue weighted by atomic mass is 10.0. The smallest absolute Gasteiger partial charge is 0.312 e. The number of amides is 2. The van der Waals surface area contributed by atoms with Crippen LogP contribution in [0.25, 0.3) is 0 Å². The number of benzene rings is 1. The van der Waals surface area contributed by atoms with E-state index >= 15 is 0 Å². The molecule has 0 aliphatic rings. The van der Waals surface area contributed by atoms with Gasteiger partial charge < -0.3 is 20.3 Å². The summed E-state index contributed by atoms with van der Waals surface area (Å²) in [5.74, 6) is 0.165. The van der Waals surface area contributed by atoms with Crippen LogP contribution in [0.5, 0.6) is 0 Å². The Morgan fingerprint density at radius 2 is 2.00 bits per heavy atom. The monoisotopic (exact) mass is 317 g/mol. The topological polar surface area (TPSA) is 107 Å². The molecule has 0 fully saturated rings. The van der Waals surface area contributed by atoms with Crippen molar-refractivity contribution < 1.29 is 18.8 Å². The van der Waals surface area contributed by atoms with Gasteiger partial charge in [-0.05, 0) is 19.4 Å². The van der Waals surface area contributed by atoms with Crippen molar-refractivity contribution in [2.75, 3.05) is 0 Å². The highest BCUT2D eigenvalue weighted by molar-refractivity contribution is 5.75. The number of esters is 1. The average Bonchev–Trinajstić information content (AvgIpc) is 2.84. The van der Waals surface area contributed by atoms with Crippen molar-refractivity contribution in [2.24, 2.45) is 5.73 Å². The van der Waals surface area contributed by atoms with E-state index in [-0.39, 0.29) is 13.0 Å². The summed E-state index contributed by atoms with van der Waals surface area (Å²) in [5.41, 5.74) is 7.39. The van der Waals surface area contributed by atoms with Crippen molar-refractivity contribution in [3.63, 3.8) is 0 Å². The summed E-state index contributed by atoms with van der Waals surface area (Å²) in [6.45, 7) is 3.61. The summed E-state index contributed by atoms with van der Waals surface area (Å²) in [5, 5.41) is 6.35. The van der Waals surface area contributed by atoms with Crippen LogP contribution >= 0.6 is 0 Å². The molecule has 2 amide bonds. The quantitative estimate of drug-likeness (QED) is 0.794. The van der Waals surface area contributed by atoms with Gasteiger partial charge in [-0.15, -0.1) is 0 Å². The summed E-state index contributed by atoms with van der Waals surface area (Å²) < 4.78 is 10.3. The molecule has 0 bridgehead atoms. The number of nitrogens with zero attached hydrogens (tertiary/aromatic N) is 1. The second-order valence-corrected chi connectivity index (χ2v) is 5.14. The summed E-state index contributed by atoms with van der Waals surface area (Å²) >= 11 is 0. The number of nitrogens with one attached hydrogen (secondary N) is 1. The van der Waals surface area contributed by atoms with Crippen LogP contribution in [-0.4, -0.2) is 17.2 Å². The molecule has 0 spiro atoms. The fourth-order valence-corrected chi connectivity index (χ4v) is 2.20. The molecule has 1 atom stereocenters. The summed E-state index contributed by atoms with van der Waals surface area (Å²) in [4.78, 5) is 23.2. The maximum Gasteiger partial charge on any atom is 0.312 e. The molecule has 1 aromatic heterocycles. The highest BCUT2D eigenvalue weighted by atomic mass is 16.5. The summed E-state index contributed by atoms with van der Waals surface area (Å²) in [6, 6.07) is 7.87. The number of carbonyl (C=O) groups excluding carboxylic acids is 2. The molecule has 7 nitrogen and oxygen atoms in total. The Morgan fingerprint density at radius 1 is 1.30 bits per heavy atom.